The average molecular weight is 347 g/mol. The van der Waals surface area contributed by atoms with E-state index in [2.05, 4.69) is 20.4 Å². The lowest BCUT2D eigenvalue weighted by Crippen LogP contribution is -2.58. The monoisotopic (exact) mass is 346 g/mol. The molecule has 1 N–H and O–H groups in total. The number of fused-ring (bicyclic) bond motifs is 3. The Morgan fingerprint density at radius 1 is 1.20 bits per heavy atom. The van der Waals surface area contributed by atoms with E-state index in [0.717, 1.165) is 31.1 Å². The molecule has 0 amide bonds. The van der Waals surface area contributed by atoms with Gasteiger partial charge in [-0.2, -0.15) is 0 Å². The van der Waals surface area contributed by atoms with Crippen LogP contribution in [0, 0.1) is 34.0 Å². The molecule has 4 saturated carbocycles. The van der Waals surface area contributed by atoms with Gasteiger partial charge in [-0.3, -0.25) is 4.79 Å². The van der Waals surface area contributed by atoms with Gasteiger partial charge in [0, 0.05) is 0 Å². The topological polar surface area (TPSA) is 46.5 Å². The Labute approximate surface area is 152 Å². The van der Waals surface area contributed by atoms with Gasteiger partial charge in [0.1, 0.15) is 6.61 Å². The molecule has 2 bridgehead atoms. The van der Waals surface area contributed by atoms with Gasteiger partial charge >= 0.3 is 5.97 Å². The smallest absolute Gasteiger partial charge is 0.312 e. The molecule has 4 fully saturated rings. The molecular formula is C22H34O3. The maximum absolute atomic E-state index is 12.9. The summed E-state index contributed by atoms with van der Waals surface area (Å²) >= 11 is 0. The molecule has 0 heterocycles. The summed E-state index contributed by atoms with van der Waals surface area (Å²) in [5.74, 6) is 1.85. The summed E-state index contributed by atoms with van der Waals surface area (Å²) in [5, 5.41) is 9.04. The minimum Gasteiger partial charge on any atom is -0.463 e. The van der Waals surface area contributed by atoms with E-state index in [1.807, 2.05) is 0 Å². The molecule has 0 aliphatic heterocycles. The van der Waals surface area contributed by atoms with Crippen LogP contribution < -0.4 is 0 Å². The molecule has 6 unspecified atom stereocenters. The molecule has 1 spiro atoms. The highest BCUT2D eigenvalue weighted by atomic mass is 16.5. The van der Waals surface area contributed by atoms with Gasteiger partial charge in [-0.05, 0) is 86.9 Å². The van der Waals surface area contributed by atoms with Gasteiger partial charge in [0.2, 0.25) is 0 Å². The molecule has 140 valence electrons. The predicted octanol–water partition coefficient (Wildman–Crippen LogP) is 4.49. The van der Waals surface area contributed by atoms with E-state index in [1.165, 1.54) is 44.1 Å². The van der Waals surface area contributed by atoms with Crippen molar-refractivity contribution in [3.63, 3.8) is 0 Å². The van der Waals surface area contributed by atoms with Gasteiger partial charge in [0.25, 0.3) is 0 Å². The zero-order valence-corrected chi connectivity index (χ0v) is 16.0. The Kier molecular flexibility index (Phi) is 4.10. The first-order valence-corrected chi connectivity index (χ1v) is 10.3. The molecule has 0 aromatic carbocycles. The first-order valence-electron chi connectivity index (χ1n) is 10.3. The van der Waals surface area contributed by atoms with Crippen molar-refractivity contribution in [3.8, 4) is 0 Å². The van der Waals surface area contributed by atoms with Gasteiger partial charge in [-0.15, -0.1) is 0 Å². The van der Waals surface area contributed by atoms with E-state index in [9.17, 15) is 4.79 Å². The van der Waals surface area contributed by atoms with Crippen molar-refractivity contribution < 1.29 is 14.6 Å². The van der Waals surface area contributed by atoms with E-state index >= 15 is 0 Å². The van der Waals surface area contributed by atoms with E-state index in [0.29, 0.717) is 11.3 Å². The molecule has 25 heavy (non-hydrogen) atoms. The molecule has 4 aliphatic rings. The van der Waals surface area contributed by atoms with Crippen molar-refractivity contribution in [2.24, 2.45) is 34.0 Å². The average Bonchev–Trinajstić information content (AvgIpc) is 2.81. The first-order chi connectivity index (χ1) is 11.9. The zero-order chi connectivity index (χ0) is 17.9. The summed E-state index contributed by atoms with van der Waals surface area (Å²) in [6, 6.07) is 0. The third-order valence-corrected chi connectivity index (χ3v) is 8.85. The Morgan fingerprint density at radius 2 is 2.00 bits per heavy atom. The van der Waals surface area contributed by atoms with Crippen molar-refractivity contribution in [2.45, 2.75) is 71.6 Å². The van der Waals surface area contributed by atoms with E-state index in [-0.39, 0.29) is 30.0 Å². The van der Waals surface area contributed by atoms with E-state index in [4.69, 9.17) is 9.84 Å². The Morgan fingerprint density at radius 3 is 2.76 bits per heavy atom. The number of esters is 1. The quantitative estimate of drug-likeness (QED) is 0.605. The number of aliphatic hydroxyl groups excluding tert-OH is 1. The maximum Gasteiger partial charge on any atom is 0.312 e. The van der Waals surface area contributed by atoms with Crippen LogP contribution in [0.15, 0.2) is 12.2 Å². The summed E-state index contributed by atoms with van der Waals surface area (Å²) in [5.41, 5.74) is 1.85. The SMILES string of the molecule is C=C1CC23CCC4C(C)(C(=O)OCCO)CCCC4(C)C2CCC1C3. The molecule has 6 atom stereocenters. The van der Waals surface area contributed by atoms with Crippen molar-refractivity contribution in [1.29, 1.82) is 0 Å². The summed E-state index contributed by atoms with van der Waals surface area (Å²) in [7, 11) is 0. The molecule has 4 aliphatic carbocycles. The van der Waals surface area contributed by atoms with Crippen LogP contribution in [0.2, 0.25) is 0 Å². The number of hydrogen-bond donors (Lipinski definition) is 1. The fourth-order valence-corrected chi connectivity index (χ4v) is 7.90. The Bertz CT molecular complexity index is 584. The van der Waals surface area contributed by atoms with Crippen LogP contribution >= 0.6 is 0 Å². The fourth-order valence-electron chi connectivity index (χ4n) is 7.90. The highest BCUT2D eigenvalue weighted by Gasteiger charge is 2.65. The minimum atomic E-state index is -0.379. The first kappa shape index (κ1) is 17.6. The minimum absolute atomic E-state index is 0.0713. The fraction of sp³-hybridized carbons (Fsp3) is 0.864. The molecular weight excluding hydrogens is 312 g/mol. The second-order valence-corrected chi connectivity index (χ2v) is 9.96. The lowest BCUT2D eigenvalue weighted by atomic mass is 9.41. The van der Waals surface area contributed by atoms with Crippen LogP contribution in [-0.4, -0.2) is 24.3 Å². The van der Waals surface area contributed by atoms with Gasteiger partial charge < -0.3 is 9.84 Å². The van der Waals surface area contributed by atoms with Crippen molar-refractivity contribution in [3.05, 3.63) is 12.2 Å². The number of allylic oxidation sites excluding steroid dienone is 1. The number of rotatable bonds is 3. The lowest BCUT2D eigenvalue weighted by Gasteiger charge is -2.63. The molecule has 4 rings (SSSR count). The van der Waals surface area contributed by atoms with Gasteiger partial charge in [0.15, 0.2) is 0 Å². The van der Waals surface area contributed by atoms with Gasteiger partial charge in [-0.1, -0.05) is 25.5 Å². The second-order valence-electron chi connectivity index (χ2n) is 9.96. The zero-order valence-electron chi connectivity index (χ0n) is 16.0. The van der Waals surface area contributed by atoms with Crippen molar-refractivity contribution in [2.75, 3.05) is 13.2 Å². The number of carbonyl (C=O) groups excluding carboxylic acids is 1. The maximum atomic E-state index is 12.9. The van der Waals surface area contributed by atoms with E-state index in [1.54, 1.807) is 0 Å². The molecule has 3 nitrogen and oxygen atoms in total. The lowest BCUT2D eigenvalue weighted by molar-refractivity contribution is -0.186. The van der Waals surface area contributed by atoms with Crippen LogP contribution in [0.1, 0.15) is 71.6 Å². The van der Waals surface area contributed by atoms with Crippen LogP contribution in [0.3, 0.4) is 0 Å². The number of ether oxygens (including phenoxy) is 1. The largest absolute Gasteiger partial charge is 0.463 e. The summed E-state index contributed by atoms with van der Waals surface area (Å²) < 4.78 is 5.44. The molecule has 3 heteroatoms. The van der Waals surface area contributed by atoms with E-state index < -0.39 is 0 Å². The number of aliphatic hydroxyl groups is 1. The summed E-state index contributed by atoms with van der Waals surface area (Å²) in [6.07, 6.45) is 10.9. The predicted molar refractivity (Wildman–Crippen MR) is 97.9 cm³/mol. The highest BCUT2D eigenvalue weighted by molar-refractivity contribution is 5.77. The van der Waals surface area contributed by atoms with Crippen LogP contribution in [0.5, 0.6) is 0 Å². The van der Waals surface area contributed by atoms with Gasteiger partial charge in [0.05, 0.1) is 12.0 Å². The second kappa shape index (κ2) is 5.84. The number of hydrogen-bond acceptors (Lipinski definition) is 3. The van der Waals surface area contributed by atoms with Crippen LogP contribution in [-0.2, 0) is 9.53 Å². The van der Waals surface area contributed by atoms with Crippen LogP contribution in [0.4, 0.5) is 0 Å². The van der Waals surface area contributed by atoms with Crippen LogP contribution in [0.25, 0.3) is 0 Å². The normalized spacial score (nSPS) is 48.6. The third-order valence-electron chi connectivity index (χ3n) is 8.85. The molecule has 0 saturated heterocycles. The molecule has 0 aromatic heterocycles. The Hall–Kier alpha value is -0.830. The van der Waals surface area contributed by atoms with Gasteiger partial charge in [-0.25, -0.2) is 0 Å². The highest BCUT2D eigenvalue weighted by Crippen LogP contribution is 2.72. The van der Waals surface area contributed by atoms with Crippen molar-refractivity contribution in [1.82, 2.24) is 0 Å². The number of carbonyl (C=O) groups is 1. The third kappa shape index (κ3) is 2.37. The molecule has 0 aromatic rings. The summed E-state index contributed by atoms with van der Waals surface area (Å²) in [4.78, 5) is 12.9. The molecule has 0 radical (unpaired) electrons. The standard InChI is InChI=1S/C22H34O3/c1-15-13-22-10-7-17-20(2,18(22)6-5-16(15)14-22)8-4-9-21(17,3)19(24)25-12-11-23/h16-18,23H,1,4-14H2,2-3H3. The van der Waals surface area contributed by atoms with Crippen molar-refractivity contribution >= 4 is 5.97 Å². The summed E-state index contributed by atoms with van der Waals surface area (Å²) in [6.45, 7) is 9.08. The Balaban J connectivity index is 1.65.